The molecular weight excluding hydrogens is 301 g/mol. The van der Waals surface area contributed by atoms with Crippen LogP contribution in [0, 0.1) is 9.49 Å². The normalized spacial score (nSPS) is 12.9. The number of aromatic nitrogens is 2. The molecule has 0 fully saturated rings. The maximum absolute atomic E-state index is 4.22. The lowest BCUT2D eigenvalue weighted by Gasteiger charge is -2.14. The zero-order chi connectivity index (χ0) is 11.3. The summed E-state index contributed by atoms with van der Waals surface area (Å²) in [6.45, 7) is 6.66. The molecule has 84 valence electrons. The number of halogens is 1. The summed E-state index contributed by atoms with van der Waals surface area (Å²) in [4.78, 5) is 8.43. The van der Waals surface area contributed by atoms with Crippen molar-refractivity contribution in [1.82, 2.24) is 9.97 Å². The third-order valence-electron chi connectivity index (χ3n) is 2.17. The summed E-state index contributed by atoms with van der Waals surface area (Å²) in [6.07, 6.45) is 6.04. The Morgan fingerprint density at radius 3 is 2.33 bits per heavy atom. The van der Waals surface area contributed by atoms with E-state index in [-0.39, 0.29) is 0 Å². The highest BCUT2D eigenvalue weighted by atomic mass is 127. The Hall–Kier alpha value is -0.390. The summed E-state index contributed by atoms with van der Waals surface area (Å²) < 4.78 is 1.06. The highest BCUT2D eigenvalue weighted by molar-refractivity contribution is 14.1. The van der Waals surface area contributed by atoms with E-state index in [4.69, 9.17) is 0 Å². The molecule has 0 aliphatic carbocycles. The average molecular weight is 319 g/mol. The molecule has 15 heavy (non-hydrogen) atoms. The van der Waals surface area contributed by atoms with Crippen LogP contribution >= 0.6 is 22.6 Å². The second-order valence-corrected chi connectivity index (χ2v) is 5.49. The summed E-state index contributed by atoms with van der Waals surface area (Å²) in [5.74, 6) is 1.48. The fourth-order valence-corrected chi connectivity index (χ4v) is 1.54. The van der Waals surface area contributed by atoms with Crippen molar-refractivity contribution < 1.29 is 0 Å². The van der Waals surface area contributed by atoms with Gasteiger partial charge < -0.3 is 5.32 Å². The average Bonchev–Trinajstić information content (AvgIpc) is 2.19. The Balaban J connectivity index is 2.37. The van der Waals surface area contributed by atoms with Crippen molar-refractivity contribution in [3.8, 4) is 0 Å². The van der Waals surface area contributed by atoms with Crippen LogP contribution in [0.4, 0.5) is 5.95 Å². The summed E-state index contributed by atoms with van der Waals surface area (Å²) in [5, 5.41) is 3.30. The number of rotatable bonds is 5. The van der Waals surface area contributed by atoms with Gasteiger partial charge in [0.05, 0.1) is 0 Å². The second kappa shape index (κ2) is 6.25. The number of nitrogens with one attached hydrogen (secondary N) is 1. The molecule has 0 spiro atoms. The van der Waals surface area contributed by atoms with E-state index in [1.165, 1.54) is 6.42 Å². The van der Waals surface area contributed by atoms with Gasteiger partial charge in [0.2, 0.25) is 5.95 Å². The predicted octanol–water partition coefficient (Wildman–Crippen LogP) is 3.32. The van der Waals surface area contributed by atoms with Crippen LogP contribution in [0.25, 0.3) is 0 Å². The van der Waals surface area contributed by atoms with E-state index in [9.17, 15) is 0 Å². The number of nitrogens with zero attached hydrogens (tertiary/aromatic N) is 2. The van der Waals surface area contributed by atoms with E-state index < -0.39 is 0 Å². The van der Waals surface area contributed by atoms with Crippen LogP contribution in [-0.2, 0) is 0 Å². The molecule has 1 heterocycles. The lowest BCUT2D eigenvalue weighted by Crippen LogP contribution is -2.17. The molecule has 0 aromatic carbocycles. The van der Waals surface area contributed by atoms with Crippen LogP contribution in [0.15, 0.2) is 12.4 Å². The summed E-state index contributed by atoms with van der Waals surface area (Å²) in [6, 6.07) is 0.437. The molecule has 0 saturated heterocycles. The lowest BCUT2D eigenvalue weighted by molar-refractivity contribution is 0.526. The van der Waals surface area contributed by atoms with E-state index >= 15 is 0 Å². The van der Waals surface area contributed by atoms with Gasteiger partial charge in [-0.1, -0.05) is 13.8 Å². The fraction of sp³-hybridized carbons (Fsp3) is 0.636. The number of anilines is 1. The lowest BCUT2D eigenvalue weighted by atomic mass is 10.0. The maximum Gasteiger partial charge on any atom is 0.222 e. The van der Waals surface area contributed by atoms with Gasteiger partial charge in [0.25, 0.3) is 0 Å². The maximum atomic E-state index is 4.22. The van der Waals surface area contributed by atoms with Crippen molar-refractivity contribution in [3.63, 3.8) is 0 Å². The van der Waals surface area contributed by atoms with E-state index in [1.54, 1.807) is 0 Å². The Bertz CT molecular complexity index is 284. The minimum atomic E-state index is 0.437. The quantitative estimate of drug-likeness (QED) is 0.846. The van der Waals surface area contributed by atoms with Gasteiger partial charge in [-0.3, -0.25) is 0 Å². The third-order valence-corrected chi connectivity index (χ3v) is 2.73. The number of hydrogen-bond donors (Lipinski definition) is 1. The first-order valence-corrected chi connectivity index (χ1v) is 6.40. The molecular formula is C11H18IN3. The molecule has 0 saturated carbocycles. The van der Waals surface area contributed by atoms with Crippen LogP contribution in [-0.4, -0.2) is 16.0 Å². The molecule has 3 nitrogen and oxygen atoms in total. The van der Waals surface area contributed by atoms with Crippen LogP contribution in [0.1, 0.15) is 33.6 Å². The SMILES string of the molecule is CC(C)CCC(C)Nc1ncc(I)cn1. The Kier molecular flexibility index (Phi) is 5.28. The number of hydrogen-bond acceptors (Lipinski definition) is 3. The van der Waals surface area contributed by atoms with Crippen molar-refractivity contribution >= 4 is 28.5 Å². The first kappa shape index (κ1) is 12.7. The van der Waals surface area contributed by atoms with Crippen LogP contribution in [0.2, 0.25) is 0 Å². The molecule has 1 N–H and O–H groups in total. The summed E-state index contributed by atoms with van der Waals surface area (Å²) >= 11 is 2.20. The zero-order valence-corrected chi connectivity index (χ0v) is 11.7. The Morgan fingerprint density at radius 2 is 1.80 bits per heavy atom. The van der Waals surface area contributed by atoms with Crippen molar-refractivity contribution in [1.29, 1.82) is 0 Å². The Labute approximate surface area is 105 Å². The van der Waals surface area contributed by atoms with Gasteiger partial charge in [0.1, 0.15) is 0 Å². The smallest absolute Gasteiger partial charge is 0.222 e. The second-order valence-electron chi connectivity index (χ2n) is 4.24. The summed E-state index contributed by atoms with van der Waals surface area (Å²) in [5.41, 5.74) is 0. The molecule has 1 aromatic heterocycles. The van der Waals surface area contributed by atoms with Gasteiger partial charge in [-0.15, -0.1) is 0 Å². The van der Waals surface area contributed by atoms with Crippen molar-refractivity contribution in [2.75, 3.05) is 5.32 Å². The molecule has 1 rings (SSSR count). The summed E-state index contributed by atoms with van der Waals surface area (Å²) in [7, 11) is 0. The standard InChI is InChI=1S/C11H18IN3/c1-8(2)4-5-9(3)15-11-13-6-10(12)7-14-11/h6-9H,4-5H2,1-3H3,(H,13,14,15). The van der Waals surface area contributed by atoms with Gasteiger partial charge in [0.15, 0.2) is 0 Å². The van der Waals surface area contributed by atoms with E-state index in [0.717, 1.165) is 21.9 Å². The molecule has 4 heteroatoms. The van der Waals surface area contributed by atoms with Crippen LogP contribution < -0.4 is 5.32 Å². The Morgan fingerprint density at radius 1 is 1.20 bits per heavy atom. The molecule has 0 aliphatic rings. The van der Waals surface area contributed by atoms with E-state index in [2.05, 4.69) is 58.6 Å². The first-order chi connectivity index (χ1) is 7.08. The van der Waals surface area contributed by atoms with Crippen molar-refractivity contribution in [2.45, 2.75) is 39.7 Å². The van der Waals surface area contributed by atoms with Crippen LogP contribution in [0.3, 0.4) is 0 Å². The van der Waals surface area contributed by atoms with Crippen molar-refractivity contribution in [2.24, 2.45) is 5.92 Å². The van der Waals surface area contributed by atoms with Gasteiger partial charge in [0, 0.05) is 22.0 Å². The topological polar surface area (TPSA) is 37.8 Å². The highest BCUT2D eigenvalue weighted by Gasteiger charge is 2.04. The van der Waals surface area contributed by atoms with E-state index in [0.29, 0.717) is 6.04 Å². The minimum Gasteiger partial charge on any atom is -0.352 e. The monoisotopic (exact) mass is 319 g/mol. The van der Waals surface area contributed by atoms with Crippen LogP contribution in [0.5, 0.6) is 0 Å². The first-order valence-electron chi connectivity index (χ1n) is 5.32. The molecule has 1 atom stereocenters. The van der Waals surface area contributed by atoms with Gasteiger partial charge >= 0.3 is 0 Å². The third kappa shape index (κ3) is 5.30. The largest absolute Gasteiger partial charge is 0.352 e. The molecule has 0 amide bonds. The minimum absolute atomic E-state index is 0.437. The van der Waals surface area contributed by atoms with Gasteiger partial charge in [-0.05, 0) is 48.3 Å². The molecule has 1 unspecified atom stereocenters. The highest BCUT2D eigenvalue weighted by Crippen LogP contribution is 2.10. The van der Waals surface area contributed by atoms with E-state index in [1.807, 2.05) is 12.4 Å². The molecule has 0 bridgehead atoms. The van der Waals surface area contributed by atoms with Gasteiger partial charge in [-0.2, -0.15) is 0 Å². The molecule has 0 aliphatic heterocycles. The fourth-order valence-electron chi connectivity index (χ4n) is 1.26. The molecule has 0 radical (unpaired) electrons. The zero-order valence-electron chi connectivity index (χ0n) is 9.50. The molecule has 1 aromatic rings. The predicted molar refractivity (Wildman–Crippen MR) is 71.9 cm³/mol. The van der Waals surface area contributed by atoms with Crippen molar-refractivity contribution in [3.05, 3.63) is 16.0 Å². The van der Waals surface area contributed by atoms with Gasteiger partial charge in [-0.25, -0.2) is 9.97 Å².